The molecule has 0 spiro atoms. The largest absolute Gasteiger partial charge is 0.345 e. The fraction of sp³-hybridized carbons (Fsp3) is 0.556. The first-order valence-corrected chi connectivity index (χ1v) is 8.15. The molecule has 132 valence electrons. The van der Waals surface area contributed by atoms with Crippen LogP contribution in [0.15, 0.2) is 18.2 Å². The van der Waals surface area contributed by atoms with E-state index in [4.69, 9.17) is 0 Å². The van der Waals surface area contributed by atoms with E-state index in [2.05, 4.69) is 43.6 Å². The van der Waals surface area contributed by atoms with Crippen molar-refractivity contribution in [1.29, 1.82) is 0 Å². The van der Waals surface area contributed by atoms with Crippen LogP contribution in [0.2, 0.25) is 0 Å². The van der Waals surface area contributed by atoms with Gasteiger partial charge in [-0.05, 0) is 65.2 Å². The van der Waals surface area contributed by atoms with Crippen molar-refractivity contribution in [2.75, 3.05) is 5.32 Å². The Kier molecular flexibility index (Phi) is 4.99. The fourth-order valence-electron chi connectivity index (χ4n) is 3.53. The van der Waals surface area contributed by atoms with Gasteiger partial charge in [0, 0.05) is 22.8 Å². The highest BCUT2D eigenvalue weighted by molar-refractivity contribution is 6.39. The minimum Gasteiger partial charge on any atom is -0.345 e. The first-order chi connectivity index (χ1) is 11.0. The van der Waals surface area contributed by atoms with Crippen LogP contribution in [0.4, 0.5) is 10.1 Å². The number of anilines is 1. The lowest BCUT2D eigenvalue weighted by atomic mass is 9.79. The summed E-state index contributed by atoms with van der Waals surface area (Å²) in [4.78, 5) is 24.2. The summed E-state index contributed by atoms with van der Waals surface area (Å²) in [5.74, 6) is -1.91. The normalized spacial score (nSPS) is 19.6. The average molecular weight is 335 g/mol. The first-order valence-electron chi connectivity index (χ1n) is 8.15. The third-order valence-corrected chi connectivity index (χ3v) is 4.16. The minimum atomic E-state index is -0.785. The SMILES string of the molecule is Cc1ccc(NC(=O)C(=O)NC2CC(C)(C)NC(C)(C)C2)cc1F. The Morgan fingerprint density at radius 2 is 1.71 bits per heavy atom. The maximum atomic E-state index is 13.5. The van der Waals surface area contributed by atoms with E-state index in [0.29, 0.717) is 5.56 Å². The van der Waals surface area contributed by atoms with Crippen LogP contribution in [0, 0.1) is 12.7 Å². The first kappa shape index (κ1) is 18.4. The van der Waals surface area contributed by atoms with E-state index in [-0.39, 0.29) is 22.8 Å². The molecular formula is C18H26FN3O2. The minimum absolute atomic E-state index is 0.0933. The van der Waals surface area contributed by atoms with E-state index in [1.807, 2.05) is 0 Å². The average Bonchev–Trinajstić information content (AvgIpc) is 2.39. The van der Waals surface area contributed by atoms with Crippen LogP contribution < -0.4 is 16.0 Å². The van der Waals surface area contributed by atoms with E-state index in [1.165, 1.54) is 6.07 Å². The molecule has 0 aliphatic carbocycles. The molecule has 0 atom stereocenters. The van der Waals surface area contributed by atoms with Gasteiger partial charge in [-0.25, -0.2) is 4.39 Å². The molecular weight excluding hydrogens is 309 g/mol. The molecule has 6 heteroatoms. The number of aryl methyl sites for hydroxylation is 1. The quantitative estimate of drug-likeness (QED) is 0.727. The van der Waals surface area contributed by atoms with Crippen molar-refractivity contribution in [2.24, 2.45) is 0 Å². The highest BCUT2D eigenvalue weighted by Crippen LogP contribution is 2.28. The number of rotatable bonds is 2. The topological polar surface area (TPSA) is 70.2 Å². The van der Waals surface area contributed by atoms with Crippen molar-refractivity contribution in [2.45, 2.75) is 64.6 Å². The molecule has 0 saturated carbocycles. The van der Waals surface area contributed by atoms with E-state index >= 15 is 0 Å². The van der Waals surface area contributed by atoms with Crippen molar-refractivity contribution in [3.05, 3.63) is 29.6 Å². The van der Waals surface area contributed by atoms with E-state index in [1.54, 1.807) is 19.1 Å². The fourth-order valence-corrected chi connectivity index (χ4v) is 3.53. The summed E-state index contributed by atoms with van der Waals surface area (Å²) in [6.45, 7) is 9.92. The molecule has 1 fully saturated rings. The number of benzene rings is 1. The number of halogens is 1. The summed E-state index contributed by atoms with van der Waals surface area (Å²) in [6.07, 6.45) is 1.46. The number of amides is 2. The molecule has 3 N–H and O–H groups in total. The number of nitrogens with one attached hydrogen (secondary N) is 3. The van der Waals surface area contributed by atoms with Crippen LogP contribution in [-0.2, 0) is 9.59 Å². The Labute approximate surface area is 142 Å². The second-order valence-corrected chi connectivity index (χ2v) is 7.89. The highest BCUT2D eigenvalue weighted by Gasteiger charge is 2.38. The number of piperidine rings is 1. The second kappa shape index (κ2) is 6.51. The zero-order valence-corrected chi connectivity index (χ0v) is 14.9. The maximum absolute atomic E-state index is 13.5. The standard InChI is InChI=1S/C18H26FN3O2/c1-11-6-7-12(8-14(11)19)20-15(23)16(24)21-13-9-17(2,3)22-18(4,5)10-13/h6-8,13,22H,9-10H2,1-5H3,(H,20,23)(H,21,24). The lowest BCUT2D eigenvalue weighted by molar-refractivity contribution is -0.137. The molecule has 0 bridgehead atoms. The third-order valence-electron chi connectivity index (χ3n) is 4.16. The Balaban J connectivity index is 1.98. The van der Waals surface area contributed by atoms with E-state index in [9.17, 15) is 14.0 Å². The van der Waals surface area contributed by atoms with Gasteiger partial charge in [-0.15, -0.1) is 0 Å². The number of hydrogen-bond acceptors (Lipinski definition) is 3. The molecule has 1 aromatic carbocycles. The lowest BCUT2D eigenvalue weighted by Gasteiger charge is -2.46. The Bertz CT molecular complexity index is 640. The number of carbonyl (C=O) groups is 2. The van der Waals surface area contributed by atoms with Crippen LogP contribution in [0.1, 0.15) is 46.1 Å². The van der Waals surface area contributed by atoms with Gasteiger partial charge in [-0.1, -0.05) is 6.07 Å². The molecule has 1 aliphatic rings. The van der Waals surface area contributed by atoms with Gasteiger partial charge >= 0.3 is 11.8 Å². The summed E-state index contributed by atoms with van der Waals surface area (Å²) < 4.78 is 13.5. The number of hydrogen-bond donors (Lipinski definition) is 3. The molecule has 2 rings (SSSR count). The molecule has 0 radical (unpaired) electrons. The van der Waals surface area contributed by atoms with E-state index in [0.717, 1.165) is 12.8 Å². The summed E-state index contributed by atoms with van der Waals surface area (Å²) >= 11 is 0. The van der Waals surface area contributed by atoms with Crippen LogP contribution in [-0.4, -0.2) is 28.9 Å². The summed E-state index contributed by atoms with van der Waals surface area (Å²) in [6, 6.07) is 4.24. The molecule has 1 heterocycles. The molecule has 1 aromatic rings. The van der Waals surface area contributed by atoms with Crippen molar-refractivity contribution in [1.82, 2.24) is 10.6 Å². The predicted octanol–water partition coefficient (Wildman–Crippen LogP) is 2.50. The molecule has 5 nitrogen and oxygen atoms in total. The summed E-state index contributed by atoms with van der Waals surface area (Å²) in [5, 5.41) is 8.75. The van der Waals surface area contributed by atoms with Crippen molar-refractivity contribution < 1.29 is 14.0 Å². The van der Waals surface area contributed by atoms with Gasteiger partial charge in [0.25, 0.3) is 0 Å². The van der Waals surface area contributed by atoms with Gasteiger partial charge in [-0.2, -0.15) is 0 Å². The van der Waals surface area contributed by atoms with Gasteiger partial charge in [0.15, 0.2) is 0 Å². The molecule has 0 unspecified atom stereocenters. The van der Waals surface area contributed by atoms with Gasteiger partial charge in [0.2, 0.25) is 0 Å². The summed E-state index contributed by atoms with van der Waals surface area (Å²) in [5.41, 5.74) is 0.493. The van der Waals surface area contributed by atoms with Crippen LogP contribution >= 0.6 is 0 Å². The smallest absolute Gasteiger partial charge is 0.313 e. The third kappa shape index (κ3) is 4.77. The van der Waals surface area contributed by atoms with Gasteiger partial charge in [0.05, 0.1) is 0 Å². The highest BCUT2D eigenvalue weighted by atomic mass is 19.1. The Morgan fingerprint density at radius 3 is 2.25 bits per heavy atom. The molecule has 24 heavy (non-hydrogen) atoms. The number of carbonyl (C=O) groups excluding carboxylic acids is 2. The van der Waals surface area contributed by atoms with Crippen molar-refractivity contribution in [3.8, 4) is 0 Å². The summed E-state index contributed by atoms with van der Waals surface area (Å²) in [7, 11) is 0. The molecule has 0 aromatic heterocycles. The van der Waals surface area contributed by atoms with Gasteiger partial charge in [0.1, 0.15) is 5.82 Å². The van der Waals surface area contributed by atoms with Crippen LogP contribution in [0.5, 0.6) is 0 Å². The van der Waals surface area contributed by atoms with Crippen molar-refractivity contribution >= 4 is 17.5 Å². The van der Waals surface area contributed by atoms with Crippen molar-refractivity contribution in [3.63, 3.8) is 0 Å². The maximum Gasteiger partial charge on any atom is 0.313 e. The van der Waals surface area contributed by atoms with Crippen LogP contribution in [0.25, 0.3) is 0 Å². The van der Waals surface area contributed by atoms with E-state index < -0.39 is 17.6 Å². The Morgan fingerprint density at radius 1 is 1.12 bits per heavy atom. The zero-order valence-electron chi connectivity index (χ0n) is 14.9. The molecule has 1 aliphatic heterocycles. The van der Waals surface area contributed by atoms with Crippen LogP contribution in [0.3, 0.4) is 0 Å². The van der Waals surface area contributed by atoms with Gasteiger partial charge < -0.3 is 16.0 Å². The molecule has 2 amide bonds. The second-order valence-electron chi connectivity index (χ2n) is 7.89. The lowest BCUT2D eigenvalue weighted by Crippen LogP contribution is -2.62. The predicted molar refractivity (Wildman–Crippen MR) is 92.2 cm³/mol. The van der Waals surface area contributed by atoms with Gasteiger partial charge in [-0.3, -0.25) is 9.59 Å². The zero-order chi connectivity index (χ0) is 18.1. The monoisotopic (exact) mass is 335 g/mol. The molecule has 1 saturated heterocycles. The Hall–Kier alpha value is -1.95.